The SMILES string of the molecule is C/C(=C\c1ccc2c(c1)N(S(=O)(=O)c1cccc(C)c1)C[C@H](CCN1CCS(=O)(=O)CC1)O2)c1c(F)cccc1Cl. The van der Waals surface area contributed by atoms with Crippen LogP contribution in [0.25, 0.3) is 11.6 Å². The van der Waals surface area contributed by atoms with E-state index in [0.29, 0.717) is 48.6 Å². The molecule has 218 valence electrons. The van der Waals surface area contributed by atoms with Gasteiger partial charge in [-0.15, -0.1) is 0 Å². The second-order valence-corrected chi connectivity index (χ2v) is 15.1. The van der Waals surface area contributed by atoms with Gasteiger partial charge in [0.25, 0.3) is 10.0 Å². The number of rotatable bonds is 7. The van der Waals surface area contributed by atoms with Crippen LogP contribution in [0, 0.1) is 12.7 Å². The minimum absolute atomic E-state index is 0.0979. The van der Waals surface area contributed by atoms with Crippen LogP contribution in [0.1, 0.15) is 30.0 Å². The fraction of sp³-hybridized carbons (Fsp3) is 0.333. The van der Waals surface area contributed by atoms with Gasteiger partial charge in [-0.25, -0.2) is 21.2 Å². The normalized spacial score (nSPS) is 19.5. The maximum absolute atomic E-state index is 14.5. The van der Waals surface area contributed by atoms with Gasteiger partial charge in [0.1, 0.15) is 17.7 Å². The quantitative estimate of drug-likeness (QED) is 0.329. The van der Waals surface area contributed by atoms with E-state index in [1.54, 1.807) is 61.5 Å². The van der Waals surface area contributed by atoms with Crippen molar-refractivity contribution in [1.82, 2.24) is 4.90 Å². The van der Waals surface area contributed by atoms with E-state index in [1.807, 2.05) is 13.0 Å². The number of halogens is 2. The molecule has 0 aliphatic carbocycles. The summed E-state index contributed by atoms with van der Waals surface area (Å²) in [6.45, 7) is 5.20. The minimum atomic E-state index is -3.94. The molecule has 0 bridgehead atoms. The Morgan fingerprint density at radius 3 is 2.54 bits per heavy atom. The molecule has 0 N–H and O–H groups in total. The van der Waals surface area contributed by atoms with Gasteiger partial charge in [-0.1, -0.05) is 41.9 Å². The summed E-state index contributed by atoms with van der Waals surface area (Å²) in [6, 6.07) is 16.5. The Hall–Kier alpha value is -2.92. The first kappa shape index (κ1) is 29.6. The van der Waals surface area contributed by atoms with Crippen molar-refractivity contribution in [3.05, 3.63) is 88.2 Å². The number of nitrogens with zero attached hydrogens (tertiary/aromatic N) is 2. The molecule has 5 rings (SSSR count). The van der Waals surface area contributed by atoms with Gasteiger partial charge in [-0.05, 0) is 73.4 Å². The van der Waals surface area contributed by atoms with Crippen LogP contribution in [-0.4, -0.2) is 65.5 Å². The highest BCUT2D eigenvalue weighted by atomic mass is 35.5. The van der Waals surface area contributed by atoms with Crippen LogP contribution < -0.4 is 9.04 Å². The van der Waals surface area contributed by atoms with Gasteiger partial charge in [0.15, 0.2) is 9.84 Å². The summed E-state index contributed by atoms with van der Waals surface area (Å²) in [7, 11) is -6.93. The Morgan fingerprint density at radius 2 is 1.83 bits per heavy atom. The van der Waals surface area contributed by atoms with Gasteiger partial charge in [0.05, 0.1) is 33.7 Å². The molecule has 2 aliphatic rings. The maximum atomic E-state index is 14.5. The van der Waals surface area contributed by atoms with Crippen molar-refractivity contribution >= 4 is 48.8 Å². The molecule has 0 spiro atoms. The lowest BCUT2D eigenvalue weighted by Gasteiger charge is -2.37. The van der Waals surface area contributed by atoms with Gasteiger partial charge in [0.2, 0.25) is 0 Å². The lowest BCUT2D eigenvalue weighted by atomic mass is 10.0. The Morgan fingerprint density at radius 1 is 1.10 bits per heavy atom. The molecule has 0 amide bonds. The molecule has 3 aromatic carbocycles. The van der Waals surface area contributed by atoms with Crippen LogP contribution in [0.5, 0.6) is 5.75 Å². The molecular formula is C30H32ClFN2O5S2. The second kappa shape index (κ2) is 11.8. The van der Waals surface area contributed by atoms with E-state index in [0.717, 1.165) is 5.56 Å². The van der Waals surface area contributed by atoms with Gasteiger partial charge in [0, 0.05) is 25.2 Å². The molecule has 0 aromatic heterocycles. The zero-order valence-electron chi connectivity index (χ0n) is 22.9. The highest BCUT2D eigenvalue weighted by Crippen LogP contribution is 2.39. The molecule has 0 saturated carbocycles. The topological polar surface area (TPSA) is 84.0 Å². The number of ether oxygens (including phenoxy) is 1. The van der Waals surface area contributed by atoms with E-state index in [9.17, 15) is 21.2 Å². The standard InChI is InChI=1S/C30H32ClFN2O5S2/c1-21-5-3-6-25(17-21)41(37,38)34-20-24(11-12-33-13-15-40(35,36)16-14-33)39-29-10-9-23(19-28(29)34)18-22(2)30-26(31)7-4-8-27(30)32/h3-10,17-19,24H,11-16,20H2,1-2H3/b22-18+/t24-/m0/s1. The summed E-state index contributed by atoms with van der Waals surface area (Å²) in [4.78, 5) is 2.25. The third-order valence-corrected chi connectivity index (χ3v) is 11.1. The maximum Gasteiger partial charge on any atom is 0.264 e. The van der Waals surface area contributed by atoms with Crippen LogP contribution >= 0.6 is 11.6 Å². The molecule has 2 heterocycles. The second-order valence-electron chi connectivity index (χ2n) is 10.5. The summed E-state index contributed by atoms with van der Waals surface area (Å²) in [5.41, 5.74) is 2.78. The highest BCUT2D eigenvalue weighted by molar-refractivity contribution is 7.93. The van der Waals surface area contributed by atoms with E-state index < -0.39 is 31.8 Å². The zero-order valence-corrected chi connectivity index (χ0v) is 25.3. The van der Waals surface area contributed by atoms with Crippen LogP contribution in [0.4, 0.5) is 10.1 Å². The number of hydrogen-bond donors (Lipinski definition) is 0. The van der Waals surface area contributed by atoms with E-state index in [4.69, 9.17) is 16.3 Å². The molecule has 0 unspecified atom stereocenters. The lowest BCUT2D eigenvalue weighted by molar-refractivity contribution is 0.164. The Bertz CT molecular complexity index is 1680. The monoisotopic (exact) mass is 618 g/mol. The number of allylic oxidation sites excluding steroid dienone is 1. The smallest absolute Gasteiger partial charge is 0.264 e. The van der Waals surface area contributed by atoms with Crippen molar-refractivity contribution in [3.8, 4) is 5.75 Å². The summed E-state index contributed by atoms with van der Waals surface area (Å²) < 4.78 is 73.8. The number of sulfonamides is 1. The largest absolute Gasteiger partial charge is 0.486 e. The Balaban J connectivity index is 1.47. The van der Waals surface area contributed by atoms with Crippen molar-refractivity contribution in [2.24, 2.45) is 0 Å². The predicted octanol–water partition coefficient (Wildman–Crippen LogP) is 5.42. The molecule has 1 fully saturated rings. The first-order valence-corrected chi connectivity index (χ1v) is 17.0. The van der Waals surface area contributed by atoms with Gasteiger partial charge < -0.3 is 9.64 Å². The van der Waals surface area contributed by atoms with Crippen LogP contribution in [-0.2, 0) is 19.9 Å². The number of aryl methyl sites for hydroxylation is 1. The fourth-order valence-electron chi connectivity index (χ4n) is 5.20. The van der Waals surface area contributed by atoms with Crippen LogP contribution in [0.3, 0.4) is 0 Å². The molecule has 2 aliphatic heterocycles. The molecular weight excluding hydrogens is 587 g/mol. The lowest BCUT2D eigenvalue weighted by Crippen LogP contribution is -2.46. The van der Waals surface area contributed by atoms with Gasteiger partial charge in [-0.2, -0.15) is 0 Å². The summed E-state index contributed by atoms with van der Waals surface area (Å²) in [5, 5.41) is 0.290. The van der Waals surface area contributed by atoms with E-state index >= 15 is 0 Å². The number of hydrogen-bond acceptors (Lipinski definition) is 6. The summed E-state index contributed by atoms with van der Waals surface area (Å²) in [6.07, 6.45) is 1.87. The molecule has 3 aromatic rings. The average Bonchev–Trinajstić information content (AvgIpc) is 2.92. The van der Waals surface area contributed by atoms with Crippen molar-refractivity contribution < 1.29 is 26.0 Å². The van der Waals surface area contributed by atoms with E-state index in [1.165, 1.54) is 10.4 Å². The summed E-state index contributed by atoms with van der Waals surface area (Å²) >= 11 is 6.26. The third-order valence-electron chi connectivity index (χ3n) is 7.44. The predicted molar refractivity (Wildman–Crippen MR) is 161 cm³/mol. The molecule has 1 saturated heterocycles. The average molecular weight is 619 g/mol. The highest BCUT2D eigenvalue weighted by Gasteiger charge is 2.35. The third kappa shape index (κ3) is 6.61. The number of anilines is 1. The molecule has 41 heavy (non-hydrogen) atoms. The number of benzene rings is 3. The van der Waals surface area contributed by atoms with Gasteiger partial charge >= 0.3 is 0 Å². The van der Waals surface area contributed by atoms with Crippen LogP contribution in [0.15, 0.2) is 65.6 Å². The van der Waals surface area contributed by atoms with Crippen molar-refractivity contribution in [2.45, 2.75) is 31.3 Å². The van der Waals surface area contributed by atoms with Crippen molar-refractivity contribution in [3.63, 3.8) is 0 Å². The Labute approximate surface area is 246 Å². The van der Waals surface area contributed by atoms with E-state index in [2.05, 4.69) is 4.90 Å². The zero-order chi connectivity index (χ0) is 29.4. The number of fused-ring (bicyclic) bond motifs is 1. The molecule has 0 radical (unpaired) electrons. The summed E-state index contributed by atoms with van der Waals surface area (Å²) in [5.74, 6) is 0.245. The fourth-order valence-corrected chi connectivity index (χ4v) is 8.39. The Kier molecular flexibility index (Phi) is 8.48. The minimum Gasteiger partial charge on any atom is -0.486 e. The van der Waals surface area contributed by atoms with Crippen LogP contribution in [0.2, 0.25) is 5.02 Å². The molecule has 1 atom stereocenters. The van der Waals surface area contributed by atoms with Crippen molar-refractivity contribution in [1.29, 1.82) is 0 Å². The van der Waals surface area contributed by atoms with Gasteiger partial charge in [-0.3, -0.25) is 4.31 Å². The van der Waals surface area contributed by atoms with E-state index in [-0.39, 0.29) is 33.5 Å². The molecule has 11 heteroatoms. The van der Waals surface area contributed by atoms with Crippen molar-refractivity contribution in [2.75, 3.05) is 42.0 Å². The number of sulfone groups is 1. The first-order valence-electron chi connectivity index (χ1n) is 13.4. The first-order chi connectivity index (χ1) is 19.4. The molecule has 7 nitrogen and oxygen atoms in total.